The lowest BCUT2D eigenvalue weighted by atomic mass is 10.2. The van der Waals surface area contributed by atoms with E-state index >= 15 is 0 Å². The third-order valence-electron chi connectivity index (χ3n) is 2.91. The molecule has 1 amide bonds. The lowest BCUT2D eigenvalue weighted by molar-refractivity contribution is -0.115. The van der Waals surface area contributed by atoms with Crippen molar-refractivity contribution in [3.63, 3.8) is 0 Å². The number of nitrogens with one attached hydrogen (secondary N) is 2. The van der Waals surface area contributed by atoms with Crippen molar-refractivity contribution in [3.05, 3.63) is 30.1 Å². The number of rotatable bonds is 6. The molecule has 3 N–H and O–H groups in total. The highest BCUT2D eigenvalue weighted by molar-refractivity contribution is 5.92. The summed E-state index contributed by atoms with van der Waals surface area (Å²) in [5.41, 5.74) is 0.435. The molecule has 0 heterocycles. The Labute approximate surface area is 105 Å². The van der Waals surface area contributed by atoms with Gasteiger partial charge in [0.1, 0.15) is 5.82 Å². The smallest absolute Gasteiger partial charge is 0.238 e. The van der Waals surface area contributed by atoms with Crippen LogP contribution in [-0.4, -0.2) is 30.2 Å². The summed E-state index contributed by atoms with van der Waals surface area (Å²) in [6, 6.07) is 5.74. The number of hydrogen-bond donors (Lipinski definition) is 3. The van der Waals surface area contributed by atoms with E-state index in [1.807, 2.05) is 0 Å². The number of amides is 1. The maximum absolute atomic E-state index is 12.9. The highest BCUT2D eigenvalue weighted by Crippen LogP contribution is 2.32. The van der Waals surface area contributed by atoms with Gasteiger partial charge in [-0.1, -0.05) is 6.07 Å². The normalized spacial score (nSPS) is 16.3. The van der Waals surface area contributed by atoms with Crippen molar-refractivity contribution in [2.45, 2.75) is 18.9 Å². The lowest BCUT2D eigenvalue weighted by Crippen LogP contribution is -2.34. The number of aliphatic hydroxyl groups excluding tert-OH is 1. The number of hydrogen-bond acceptors (Lipinski definition) is 3. The lowest BCUT2D eigenvalue weighted by Gasteiger charge is -2.10. The molecule has 1 aromatic carbocycles. The first kappa shape index (κ1) is 13.0. The second kappa shape index (κ2) is 5.93. The predicted octanol–water partition coefficient (Wildman–Crippen LogP) is 1.12. The van der Waals surface area contributed by atoms with E-state index in [0.717, 1.165) is 12.8 Å². The Kier molecular flexibility index (Phi) is 4.28. The van der Waals surface area contributed by atoms with E-state index in [2.05, 4.69) is 10.6 Å². The van der Waals surface area contributed by atoms with Gasteiger partial charge in [-0.15, -0.1) is 0 Å². The van der Waals surface area contributed by atoms with Crippen LogP contribution in [0.5, 0.6) is 0 Å². The Morgan fingerprint density at radius 3 is 2.94 bits per heavy atom. The van der Waals surface area contributed by atoms with Crippen LogP contribution >= 0.6 is 0 Å². The molecule has 0 aromatic heterocycles. The SMILES string of the molecule is O=C(CNCC(O)C1CC1)Nc1cccc(F)c1. The molecule has 2 rings (SSSR count). The summed E-state index contributed by atoms with van der Waals surface area (Å²) in [5.74, 6) is -0.239. The van der Waals surface area contributed by atoms with Gasteiger partial charge >= 0.3 is 0 Å². The molecule has 18 heavy (non-hydrogen) atoms. The number of carbonyl (C=O) groups excluding carboxylic acids is 1. The van der Waals surface area contributed by atoms with Crippen LogP contribution in [0, 0.1) is 11.7 Å². The van der Waals surface area contributed by atoms with Gasteiger partial charge in [-0.2, -0.15) is 0 Å². The fraction of sp³-hybridized carbons (Fsp3) is 0.462. The summed E-state index contributed by atoms with van der Waals surface area (Å²) in [4.78, 5) is 11.5. The van der Waals surface area contributed by atoms with Crippen LogP contribution in [0.2, 0.25) is 0 Å². The van der Waals surface area contributed by atoms with Crippen LogP contribution in [0.3, 0.4) is 0 Å². The second-order valence-corrected chi connectivity index (χ2v) is 4.59. The Morgan fingerprint density at radius 2 is 2.28 bits per heavy atom. The molecule has 0 spiro atoms. The van der Waals surface area contributed by atoms with Crippen molar-refractivity contribution in [1.82, 2.24) is 5.32 Å². The molecular weight excluding hydrogens is 235 g/mol. The molecule has 0 bridgehead atoms. The predicted molar refractivity (Wildman–Crippen MR) is 66.6 cm³/mol. The average Bonchev–Trinajstić information content (AvgIpc) is 3.12. The molecule has 1 fully saturated rings. The summed E-state index contributed by atoms with van der Waals surface area (Å²) in [6.45, 7) is 0.529. The number of carbonyl (C=O) groups is 1. The quantitative estimate of drug-likeness (QED) is 0.711. The first-order valence-corrected chi connectivity index (χ1v) is 6.09. The van der Waals surface area contributed by atoms with Gasteiger partial charge < -0.3 is 15.7 Å². The molecule has 1 saturated carbocycles. The van der Waals surface area contributed by atoms with E-state index in [-0.39, 0.29) is 24.4 Å². The van der Waals surface area contributed by atoms with Gasteiger partial charge in [-0.25, -0.2) is 4.39 Å². The molecule has 1 aromatic rings. The highest BCUT2D eigenvalue weighted by Gasteiger charge is 2.29. The van der Waals surface area contributed by atoms with E-state index in [1.165, 1.54) is 18.2 Å². The number of anilines is 1. The fourth-order valence-corrected chi connectivity index (χ4v) is 1.75. The largest absolute Gasteiger partial charge is 0.392 e. The zero-order valence-corrected chi connectivity index (χ0v) is 10.0. The maximum atomic E-state index is 12.9. The van der Waals surface area contributed by atoms with Crippen molar-refractivity contribution in [2.24, 2.45) is 5.92 Å². The van der Waals surface area contributed by atoms with Gasteiger partial charge in [0.25, 0.3) is 0 Å². The second-order valence-electron chi connectivity index (χ2n) is 4.59. The first-order valence-electron chi connectivity index (χ1n) is 6.09. The minimum Gasteiger partial charge on any atom is -0.392 e. The Hall–Kier alpha value is -1.46. The monoisotopic (exact) mass is 252 g/mol. The van der Waals surface area contributed by atoms with Gasteiger partial charge in [0.2, 0.25) is 5.91 Å². The molecule has 1 aliphatic carbocycles. The third kappa shape index (κ3) is 4.09. The Morgan fingerprint density at radius 1 is 1.50 bits per heavy atom. The molecule has 1 aliphatic rings. The van der Waals surface area contributed by atoms with Crippen LogP contribution < -0.4 is 10.6 Å². The molecule has 98 valence electrons. The molecule has 0 saturated heterocycles. The van der Waals surface area contributed by atoms with Crippen LogP contribution in [0.25, 0.3) is 0 Å². The topological polar surface area (TPSA) is 61.4 Å². The van der Waals surface area contributed by atoms with Gasteiger partial charge in [0.05, 0.1) is 12.6 Å². The van der Waals surface area contributed by atoms with E-state index < -0.39 is 0 Å². The van der Waals surface area contributed by atoms with Gasteiger partial charge in [-0.05, 0) is 37.0 Å². The molecule has 0 radical (unpaired) electrons. The molecule has 5 heteroatoms. The van der Waals surface area contributed by atoms with Crippen molar-refractivity contribution in [3.8, 4) is 0 Å². The molecule has 4 nitrogen and oxygen atoms in total. The Bertz CT molecular complexity index is 421. The van der Waals surface area contributed by atoms with Gasteiger partial charge in [0.15, 0.2) is 0 Å². The van der Waals surface area contributed by atoms with Crippen LogP contribution in [-0.2, 0) is 4.79 Å². The van der Waals surface area contributed by atoms with Gasteiger partial charge in [-0.3, -0.25) is 4.79 Å². The maximum Gasteiger partial charge on any atom is 0.238 e. The van der Waals surface area contributed by atoms with Crippen molar-refractivity contribution in [2.75, 3.05) is 18.4 Å². The zero-order chi connectivity index (χ0) is 13.0. The van der Waals surface area contributed by atoms with Crippen LogP contribution in [0.1, 0.15) is 12.8 Å². The number of aliphatic hydroxyl groups is 1. The minimum atomic E-state index is -0.384. The summed E-state index contributed by atoms with van der Waals surface area (Å²) in [6.07, 6.45) is 1.77. The van der Waals surface area contributed by atoms with Crippen molar-refractivity contribution >= 4 is 11.6 Å². The summed E-state index contributed by atoms with van der Waals surface area (Å²) in [5, 5.41) is 15.0. The molecule has 0 aliphatic heterocycles. The highest BCUT2D eigenvalue weighted by atomic mass is 19.1. The summed E-state index contributed by atoms with van der Waals surface area (Å²) in [7, 11) is 0. The summed E-state index contributed by atoms with van der Waals surface area (Å²) < 4.78 is 12.9. The zero-order valence-electron chi connectivity index (χ0n) is 10.0. The Balaban J connectivity index is 1.68. The van der Waals surface area contributed by atoms with E-state index in [9.17, 15) is 14.3 Å². The number of benzene rings is 1. The number of halogens is 1. The van der Waals surface area contributed by atoms with Crippen LogP contribution in [0.4, 0.5) is 10.1 Å². The van der Waals surface area contributed by atoms with E-state index in [1.54, 1.807) is 6.07 Å². The third-order valence-corrected chi connectivity index (χ3v) is 2.91. The van der Waals surface area contributed by atoms with E-state index in [0.29, 0.717) is 18.2 Å². The minimum absolute atomic E-state index is 0.111. The fourth-order valence-electron chi connectivity index (χ4n) is 1.75. The van der Waals surface area contributed by atoms with Crippen molar-refractivity contribution in [1.29, 1.82) is 0 Å². The van der Waals surface area contributed by atoms with Gasteiger partial charge in [0, 0.05) is 12.2 Å². The van der Waals surface area contributed by atoms with E-state index in [4.69, 9.17) is 0 Å². The molecular formula is C13H17FN2O2. The van der Waals surface area contributed by atoms with Crippen LogP contribution in [0.15, 0.2) is 24.3 Å². The first-order chi connectivity index (χ1) is 8.65. The standard InChI is InChI=1S/C13H17FN2O2/c14-10-2-1-3-11(6-10)16-13(18)8-15-7-12(17)9-4-5-9/h1-3,6,9,12,15,17H,4-5,7-8H2,(H,16,18). The summed E-state index contributed by atoms with van der Waals surface area (Å²) >= 11 is 0. The average molecular weight is 252 g/mol. The van der Waals surface area contributed by atoms with Crippen molar-refractivity contribution < 1.29 is 14.3 Å². The molecule has 1 unspecified atom stereocenters. The molecule has 1 atom stereocenters.